The normalized spacial score (nSPS) is 13.7. The van der Waals surface area contributed by atoms with Gasteiger partial charge in [-0.2, -0.15) is 12.8 Å². The number of fused-ring (bicyclic) bond motifs is 2. The summed E-state index contributed by atoms with van der Waals surface area (Å²) in [4.78, 5) is 0. The maximum atomic E-state index is 3.60. The van der Waals surface area contributed by atoms with Crippen LogP contribution in [-0.4, -0.2) is 3.81 Å². The Bertz CT molecular complexity index is 772. The number of aryl methyl sites for hydroxylation is 2. The molecule has 0 unspecified atom stereocenters. The summed E-state index contributed by atoms with van der Waals surface area (Å²) < 4.78 is 1.45. The van der Waals surface area contributed by atoms with Crippen LogP contribution in [0.15, 0.2) is 29.8 Å². The third-order valence-corrected chi connectivity index (χ3v) is 5.80. The molecule has 25 heavy (non-hydrogen) atoms. The van der Waals surface area contributed by atoms with Gasteiger partial charge in [-0.05, 0) is 0 Å². The van der Waals surface area contributed by atoms with Crippen LogP contribution in [0.5, 0.6) is 0 Å². The summed E-state index contributed by atoms with van der Waals surface area (Å²) in [7, 11) is 0. The fourth-order valence-electron chi connectivity index (χ4n) is 3.21. The molecule has 0 amide bonds. The molecule has 0 spiro atoms. The molecular weight excluding hydrogens is 336 g/mol. The molecule has 2 aliphatic rings. The van der Waals surface area contributed by atoms with Gasteiger partial charge in [-0.3, -0.25) is 0 Å². The van der Waals surface area contributed by atoms with E-state index in [0.717, 1.165) is 12.8 Å². The van der Waals surface area contributed by atoms with E-state index in [4.69, 9.17) is 0 Å². The Morgan fingerprint density at radius 2 is 1.60 bits per heavy atom. The molecule has 130 valence electrons. The van der Waals surface area contributed by atoms with Crippen LogP contribution in [0.1, 0.15) is 68.7 Å². The first kappa shape index (κ1) is 20.3. The number of hydrogen-bond acceptors (Lipinski definition) is 0. The molecule has 0 aromatic heterocycles. The largest absolute Gasteiger partial charge is 0.343 e. The minimum atomic E-state index is 1.07. The zero-order chi connectivity index (χ0) is 18.4. The molecule has 2 aromatic carbocycles. The van der Waals surface area contributed by atoms with Crippen molar-refractivity contribution in [3.63, 3.8) is 0 Å². The molecule has 4 rings (SSSR count). The Morgan fingerprint density at radius 1 is 1.00 bits per heavy atom. The fraction of sp³-hybridized carbons (Fsp3) is 0.375. The van der Waals surface area contributed by atoms with E-state index < -0.39 is 0 Å². The summed E-state index contributed by atoms with van der Waals surface area (Å²) in [6.07, 6.45) is 9.35. The molecule has 0 saturated carbocycles. The third kappa shape index (κ3) is 4.41. The van der Waals surface area contributed by atoms with E-state index >= 15 is 0 Å². The Hall–Kier alpha value is -0.976. The molecule has 1 heteroatoms. The zero-order valence-corrected chi connectivity index (χ0v) is 17.6. The first-order valence-electron chi connectivity index (χ1n) is 9.52. The molecule has 0 saturated heterocycles. The van der Waals surface area contributed by atoms with Crippen LogP contribution >= 0.6 is 0 Å². The van der Waals surface area contributed by atoms with Crippen molar-refractivity contribution >= 4 is 20.7 Å². The van der Waals surface area contributed by atoms with E-state index in [1.165, 1.54) is 62.5 Å². The first-order chi connectivity index (χ1) is 12.1. The van der Waals surface area contributed by atoms with Crippen LogP contribution in [0.4, 0.5) is 0 Å². The summed E-state index contributed by atoms with van der Waals surface area (Å²) in [5, 5.41) is 2.99. The van der Waals surface area contributed by atoms with E-state index in [-0.39, 0.29) is 0 Å². The minimum Gasteiger partial charge on any atom is -0.343 e. The minimum absolute atomic E-state index is 1.07. The van der Waals surface area contributed by atoms with E-state index in [1.54, 1.807) is 5.56 Å². The van der Waals surface area contributed by atoms with Gasteiger partial charge in [-0.1, -0.05) is 26.7 Å². The number of allylic oxidation sites excluding steroid dienone is 1. The van der Waals surface area contributed by atoms with E-state index in [9.17, 15) is 0 Å². The standard InChI is InChI=1S/C16H12.2C4H9.Ti/c1-10-7-13-9-12-6-5-11-3-2-4-14(16(11)12)15(13)8-10;2*1-3-4-2;/h2-4,8-9H,5-6H2,1H3;2*1,3-4H2,2H3;/q;2*-1;+2. The number of rotatable bonds is 2. The summed E-state index contributed by atoms with van der Waals surface area (Å²) in [5.41, 5.74) is 7.42. The van der Waals surface area contributed by atoms with Gasteiger partial charge in [0, 0.05) is 0 Å². The molecule has 0 aliphatic heterocycles. The van der Waals surface area contributed by atoms with Gasteiger partial charge in [0.1, 0.15) is 0 Å². The Labute approximate surface area is 165 Å². The van der Waals surface area contributed by atoms with Crippen molar-refractivity contribution in [2.45, 2.75) is 59.3 Å². The number of unbranched alkanes of at least 4 members (excludes halogenated alkanes) is 2. The van der Waals surface area contributed by atoms with Gasteiger partial charge < -0.3 is 13.8 Å². The zero-order valence-electron chi connectivity index (χ0n) is 16.0. The van der Waals surface area contributed by atoms with Crippen LogP contribution in [-0.2, 0) is 32.8 Å². The molecule has 2 aromatic rings. The van der Waals surface area contributed by atoms with Gasteiger partial charge in [0.05, 0.1) is 0 Å². The average molecular weight is 366 g/mol. The SMILES string of the molecule is CC1=Cc2c(cc3c4c(cccc24)CC3)[C]1=[Ti+2].[CH2-]CCC.[CH2-]CCC. The van der Waals surface area contributed by atoms with E-state index in [2.05, 4.69) is 84.9 Å². The molecular formula is C24H30Ti. The molecule has 0 heterocycles. The number of hydrogen-bond donors (Lipinski definition) is 0. The molecule has 0 bridgehead atoms. The molecule has 0 fully saturated rings. The Balaban J connectivity index is 0.000000241. The second kappa shape index (κ2) is 9.65. The number of benzene rings is 2. The third-order valence-electron chi connectivity index (χ3n) is 4.77. The Morgan fingerprint density at radius 3 is 2.20 bits per heavy atom. The molecule has 0 atom stereocenters. The topological polar surface area (TPSA) is 0 Å². The van der Waals surface area contributed by atoms with Gasteiger partial charge in [-0.25, -0.2) is 0 Å². The summed E-state index contributed by atoms with van der Waals surface area (Å²) in [6.45, 7) is 13.7. The van der Waals surface area contributed by atoms with Gasteiger partial charge in [0.25, 0.3) is 0 Å². The monoisotopic (exact) mass is 366 g/mol. The van der Waals surface area contributed by atoms with Crippen molar-refractivity contribution in [1.82, 2.24) is 0 Å². The van der Waals surface area contributed by atoms with Crippen LogP contribution in [0.25, 0.3) is 16.8 Å². The fourth-order valence-corrected chi connectivity index (χ4v) is 3.65. The first-order valence-corrected chi connectivity index (χ1v) is 10.3. The Kier molecular flexibility index (Phi) is 7.85. The predicted molar refractivity (Wildman–Crippen MR) is 110 cm³/mol. The predicted octanol–water partition coefficient (Wildman–Crippen LogP) is 6.66. The second-order valence-electron chi connectivity index (χ2n) is 6.75. The van der Waals surface area contributed by atoms with Crippen LogP contribution in [0.3, 0.4) is 0 Å². The summed E-state index contributed by atoms with van der Waals surface area (Å²) in [5.74, 6) is 0. The van der Waals surface area contributed by atoms with Gasteiger partial charge in [0.2, 0.25) is 0 Å². The van der Waals surface area contributed by atoms with Crippen molar-refractivity contribution in [2.75, 3.05) is 0 Å². The van der Waals surface area contributed by atoms with Gasteiger partial charge in [0.15, 0.2) is 0 Å². The van der Waals surface area contributed by atoms with Crippen LogP contribution in [0, 0.1) is 13.8 Å². The maximum absolute atomic E-state index is 3.60. The van der Waals surface area contributed by atoms with Gasteiger partial charge in [-0.15, -0.1) is 0 Å². The van der Waals surface area contributed by atoms with Gasteiger partial charge >= 0.3 is 112 Å². The van der Waals surface area contributed by atoms with E-state index in [1.807, 2.05) is 0 Å². The molecule has 2 aliphatic carbocycles. The molecule has 0 nitrogen and oxygen atoms in total. The summed E-state index contributed by atoms with van der Waals surface area (Å²) >= 11 is 2.25. The molecule has 0 radical (unpaired) electrons. The van der Waals surface area contributed by atoms with Crippen LogP contribution < -0.4 is 0 Å². The van der Waals surface area contributed by atoms with Crippen molar-refractivity contribution in [3.05, 3.63) is 65.9 Å². The maximum Gasteiger partial charge on any atom is -0.0678 e. The second-order valence-corrected chi connectivity index (χ2v) is 7.53. The summed E-state index contributed by atoms with van der Waals surface area (Å²) in [6, 6.07) is 9.21. The van der Waals surface area contributed by atoms with Crippen LogP contribution in [0.2, 0.25) is 0 Å². The van der Waals surface area contributed by atoms with E-state index in [0.29, 0.717) is 0 Å². The average Bonchev–Trinajstić information content (AvgIpc) is 3.19. The smallest absolute Gasteiger partial charge is 0.0678 e. The quantitative estimate of drug-likeness (QED) is 0.412. The molecule has 0 N–H and O–H groups in total. The van der Waals surface area contributed by atoms with Crippen molar-refractivity contribution < 1.29 is 20.0 Å². The van der Waals surface area contributed by atoms with Crippen molar-refractivity contribution in [3.8, 4) is 0 Å². The van der Waals surface area contributed by atoms with Crippen molar-refractivity contribution in [1.29, 1.82) is 0 Å². The van der Waals surface area contributed by atoms with Crippen molar-refractivity contribution in [2.24, 2.45) is 0 Å².